The first-order valence-corrected chi connectivity index (χ1v) is 9.22. The van der Waals surface area contributed by atoms with Gasteiger partial charge in [0.05, 0.1) is 18.4 Å². The molecule has 0 bridgehead atoms. The lowest BCUT2D eigenvalue weighted by molar-refractivity contribution is -0.124. The molecule has 0 unspecified atom stereocenters. The molecule has 1 aromatic carbocycles. The summed E-state index contributed by atoms with van der Waals surface area (Å²) >= 11 is 0. The number of nitrogens with one attached hydrogen (secondary N) is 1. The third-order valence-corrected chi connectivity index (χ3v) is 5.30. The van der Waals surface area contributed by atoms with Crippen molar-refractivity contribution in [3.63, 3.8) is 0 Å². The van der Waals surface area contributed by atoms with Crippen LogP contribution in [0.5, 0.6) is 5.75 Å². The predicted octanol–water partition coefficient (Wildman–Crippen LogP) is 2.72. The van der Waals surface area contributed by atoms with Gasteiger partial charge in [-0.05, 0) is 50.6 Å². The van der Waals surface area contributed by atoms with Gasteiger partial charge in [0.25, 0.3) is 5.91 Å². The molecule has 0 spiro atoms. The van der Waals surface area contributed by atoms with E-state index in [4.69, 9.17) is 4.74 Å². The fraction of sp³-hybridized carbons (Fsp3) is 0.381. The molecule has 2 aromatic rings. The van der Waals surface area contributed by atoms with Crippen molar-refractivity contribution < 1.29 is 19.1 Å². The van der Waals surface area contributed by atoms with Crippen LogP contribution in [0.25, 0.3) is 0 Å². The van der Waals surface area contributed by atoms with Gasteiger partial charge in [-0.15, -0.1) is 0 Å². The zero-order valence-electron chi connectivity index (χ0n) is 16.8. The second-order valence-electron chi connectivity index (χ2n) is 7.04. The Morgan fingerprint density at radius 3 is 2.32 bits per heavy atom. The molecule has 0 saturated carbocycles. The van der Waals surface area contributed by atoms with E-state index in [9.17, 15) is 14.4 Å². The second-order valence-corrected chi connectivity index (χ2v) is 7.04. The monoisotopic (exact) mass is 383 g/mol. The summed E-state index contributed by atoms with van der Waals surface area (Å²) in [6, 6.07) is 6.68. The van der Waals surface area contributed by atoms with Crippen LogP contribution < -0.4 is 9.64 Å². The van der Waals surface area contributed by atoms with E-state index in [0.29, 0.717) is 35.6 Å². The Morgan fingerprint density at radius 2 is 1.79 bits per heavy atom. The number of hydrogen-bond donors (Lipinski definition) is 1. The molecule has 1 N–H and O–H groups in total. The molecule has 7 nitrogen and oxygen atoms in total. The molecular formula is C21H25N3O4. The molecule has 1 aromatic heterocycles. The number of ketones is 1. The maximum absolute atomic E-state index is 13.2. The topological polar surface area (TPSA) is 82.7 Å². The van der Waals surface area contributed by atoms with Crippen LogP contribution in [-0.2, 0) is 4.79 Å². The van der Waals surface area contributed by atoms with Gasteiger partial charge >= 0.3 is 0 Å². The Kier molecular flexibility index (Phi) is 5.27. The van der Waals surface area contributed by atoms with Crippen molar-refractivity contribution in [2.75, 3.05) is 25.1 Å². The Hall–Kier alpha value is -3.09. The number of methoxy groups -OCH3 is 1. The van der Waals surface area contributed by atoms with Crippen LogP contribution in [0, 0.1) is 13.8 Å². The predicted molar refractivity (Wildman–Crippen MR) is 106 cm³/mol. The number of hydrogen-bond acceptors (Lipinski definition) is 4. The van der Waals surface area contributed by atoms with Gasteiger partial charge in [0.1, 0.15) is 11.8 Å². The van der Waals surface area contributed by atoms with E-state index in [0.717, 1.165) is 11.4 Å². The maximum atomic E-state index is 13.2. The molecule has 148 valence electrons. The highest BCUT2D eigenvalue weighted by atomic mass is 16.5. The number of benzene rings is 1. The number of carbonyl (C=O) groups is 3. The van der Waals surface area contributed by atoms with Gasteiger partial charge in [-0.25, -0.2) is 0 Å². The van der Waals surface area contributed by atoms with E-state index in [1.807, 2.05) is 12.1 Å². The number of nitrogens with zero attached hydrogens (tertiary/aromatic N) is 2. The lowest BCUT2D eigenvalue weighted by Gasteiger charge is -2.39. The molecule has 7 heteroatoms. The van der Waals surface area contributed by atoms with Crippen molar-refractivity contribution in [3.05, 3.63) is 46.8 Å². The first-order chi connectivity index (χ1) is 13.3. The van der Waals surface area contributed by atoms with E-state index in [1.54, 1.807) is 49.8 Å². The van der Waals surface area contributed by atoms with Gasteiger partial charge in [-0.2, -0.15) is 0 Å². The first kappa shape index (κ1) is 19.7. The number of aryl methyl sites for hydroxylation is 1. The highest BCUT2D eigenvalue weighted by Crippen LogP contribution is 2.26. The number of anilines is 1. The third kappa shape index (κ3) is 3.28. The summed E-state index contributed by atoms with van der Waals surface area (Å²) in [5, 5.41) is 0. The quantitative estimate of drug-likeness (QED) is 0.823. The van der Waals surface area contributed by atoms with E-state index >= 15 is 0 Å². The van der Waals surface area contributed by atoms with Crippen molar-refractivity contribution in [1.82, 2.24) is 9.88 Å². The van der Waals surface area contributed by atoms with Crippen LogP contribution in [0.4, 0.5) is 5.69 Å². The molecule has 1 atom stereocenters. The molecule has 1 aliphatic heterocycles. The van der Waals surface area contributed by atoms with Gasteiger partial charge in [-0.1, -0.05) is 0 Å². The number of carbonyl (C=O) groups excluding carboxylic acids is 3. The van der Waals surface area contributed by atoms with E-state index in [-0.39, 0.29) is 17.6 Å². The van der Waals surface area contributed by atoms with Crippen LogP contribution in [-0.4, -0.2) is 53.7 Å². The van der Waals surface area contributed by atoms with E-state index in [2.05, 4.69) is 4.98 Å². The Balaban J connectivity index is 1.84. The summed E-state index contributed by atoms with van der Waals surface area (Å²) < 4.78 is 5.16. The average molecular weight is 383 g/mol. The lowest BCUT2D eigenvalue weighted by atomic mass is 10.0. The molecule has 1 fully saturated rings. The summed E-state index contributed by atoms with van der Waals surface area (Å²) in [6.07, 6.45) is 0. The number of piperazine rings is 1. The Bertz CT molecular complexity index is 930. The number of H-pyrrole nitrogens is 1. The third-order valence-electron chi connectivity index (χ3n) is 5.30. The Labute approximate surface area is 164 Å². The zero-order chi connectivity index (χ0) is 20.6. The van der Waals surface area contributed by atoms with Crippen molar-refractivity contribution >= 4 is 23.3 Å². The smallest absolute Gasteiger partial charge is 0.256 e. The fourth-order valence-corrected chi connectivity index (χ4v) is 3.73. The summed E-state index contributed by atoms with van der Waals surface area (Å²) in [4.78, 5) is 44.1. The van der Waals surface area contributed by atoms with E-state index in [1.165, 1.54) is 6.92 Å². The first-order valence-electron chi connectivity index (χ1n) is 9.22. The lowest BCUT2D eigenvalue weighted by Crippen LogP contribution is -2.57. The highest BCUT2D eigenvalue weighted by molar-refractivity contribution is 6.06. The van der Waals surface area contributed by atoms with Crippen molar-refractivity contribution in [3.8, 4) is 5.75 Å². The number of aromatic nitrogens is 1. The summed E-state index contributed by atoms with van der Waals surface area (Å²) in [5.74, 6) is 0.238. The minimum atomic E-state index is -0.599. The molecular weight excluding hydrogens is 358 g/mol. The molecule has 2 amide bonds. The van der Waals surface area contributed by atoms with Crippen molar-refractivity contribution in [2.24, 2.45) is 0 Å². The summed E-state index contributed by atoms with van der Waals surface area (Å²) in [5.41, 5.74) is 2.97. The van der Waals surface area contributed by atoms with Crippen LogP contribution in [0.15, 0.2) is 24.3 Å². The highest BCUT2D eigenvalue weighted by Gasteiger charge is 2.37. The molecule has 1 aliphatic rings. The average Bonchev–Trinajstić information content (AvgIpc) is 2.98. The van der Waals surface area contributed by atoms with Gasteiger partial charge in [0, 0.05) is 31.4 Å². The molecule has 0 aliphatic carbocycles. The van der Waals surface area contributed by atoms with Crippen LogP contribution in [0.3, 0.4) is 0 Å². The summed E-state index contributed by atoms with van der Waals surface area (Å²) in [7, 11) is 1.59. The van der Waals surface area contributed by atoms with Crippen LogP contribution >= 0.6 is 0 Å². The van der Waals surface area contributed by atoms with Crippen LogP contribution in [0.2, 0.25) is 0 Å². The molecule has 3 rings (SSSR count). The number of Topliss-reactive ketones (excluding diaryl/α,β-unsaturated/α-hetero) is 1. The van der Waals surface area contributed by atoms with Crippen molar-refractivity contribution in [2.45, 2.75) is 33.7 Å². The number of ether oxygens (including phenoxy) is 1. The molecule has 0 radical (unpaired) electrons. The number of rotatable bonds is 4. The molecule has 1 saturated heterocycles. The normalized spacial score (nSPS) is 17.0. The van der Waals surface area contributed by atoms with Crippen molar-refractivity contribution in [1.29, 1.82) is 0 Å². The SMILES string of the molecule is COc1ccc(N2CCN(C(=O)c3c(C)[nH]c(C(C)=O)c3C)[C@@H](C)C2=O)cc1. The van der Waals surface area contributed by atoms with Gasteiger partial charge in [0.2, 0.25) is 5.91 Å². The largest absolute Gasteiger partial charge is 0.497 e. The number of aromatic amines is 1. The minimum absolute atomic E-state index is 0.118. The maximum Gasteiger partial charge on any atom is 0.256 e. The van der Waals surface area contributed by atoms with E-state index < -0.39 is 6.04 Å². The van der Waals surface area contributed by atoms with Gasteiger partial charge < -0.3 is 19.5 Å². The molecule has 28 heavy (non-hydrogen) atoms. The van der Waals surface area contributed by atoms with Gasteiger partial charge in [-0.3, -0.25) is 14.4 Å². The minimum Gasteiger partial charge on any atom is -0.497 e. The molecule has 2 heterocycles. The van der Waals surface area contributed by atoms with Gasteiger partial charge in [0.15, 0.2) is 5.78 Å². The summed E-state index contributed by atoms with van der Waals surface area (Å²) in [6.45, 7) is 7.55. The Morgan fingerprint density at radius 1 is 1.14 bits per heavy atom. The standard InChI is InChI=1S/C21H25N3O4/c1-12-18(13(2)22-19(12)15(4)25)21(27)23-10-11-24(20(26)14(23)3)16-6-8-17(28-5)9-7-16/h6-9,14,22H,10-11H2,1-5H3/t14-/m0/s1. The fourth-order valence-electron chi connectivity index (χ4n) is 3.73. The second kappa shape index (κ2) is 7.50. The zero-order valence-corrected chi connectivity index (χ0v) is 16.8. The van der Waals surface area contributed by atoms with Crippen LogP contribution in [0.1, 0.15) is 46.0 Å². The number of amides is 2.